The number of hydrogen-bond donors (Lipinski definition) is 0. The lowest BCUT2D eigenvalue weighted by atomic mass is 9.94. The monoisotopic (exact) mass is 347 g/mol. The van der Waals surface area contributed by atoms with Crippen molar-refractivity contribution in [3.63, 3.8) is 0 Å². The molecular formula is C16H15F2N5O2. The summed E-state index contributed by atoms with van der Waals surface area (Å²) in [7, 11) is 0. The molecule has 0 bridgehead atoms. The molecule has 3 aromatic rings. The van der Waals surface area contributed by atoms with E-state index in [0.717, 1.165) is 17.4 Å². The van der Waals surface area contributed by atoms with Crippen LogP contribution in [0, 0.1) is 0 Å². The van der Waals surface area contributed by atoms with Gasteiger partial charge in [0.2, 0.25) is 0 Å². The van der Waals surface area contributed by atoms with E-state index in [1.54, 1.807) is 17.0 Å². The second kappa shape index (κ2) is 6.23. The number of nitrogens with zero attached hydrogens (tertiary/aromatic N) is 5. The Balaban J connectivity index is 1.63. The van der Waals surface area contributed by atoms with Gasteiger partial charge in [-0.05, 0) is 31.0 Å². The van der Waals surface area contributed by atoms with Gasteiger partial charge >= 0.3 is 0 Å². The second-order valence-corrected chi connectivity index (χ2v) is 5.95. The van der Waals surface area contributed by atoms with Crippen LogP contribution in [-0.2, 0) is 0 Å². The zero-order chi connectivity index (χ0) is 17.4. The highest BCUT2D eigenvalue weighted by atomic mass is 19.3. The smallest absolute Gasteiger partial charge is 0.289 e. The van der Waals surface area contributed by atoms with Gasteiger partial charge in [-0.1, -0.05) is 0 Å². The molecule has 4 rings (SSSR count). The molecular weight excluding hydrogens is 332 g/mol. The first kappa shape index (κ1) is 15.7. The molecule has 0 N–H and O–H groups in total. The molecule has 0 aromatic carbocycles. The van der Waals surface area contributed by atoms with Gasteiger partial charge in [0.15, 0.2) is 5.76 Å². The van der Waals surface area contributed by atoms with Gasteiger partial charge in [0.25, 0.3) is 18.1 Å². The zero-order valence-electron chi connectivity index (χ0n) is 13.2. The largest absolute Gasteiger partial charge is 0.459 e. The first-order valence-corrected chi connectivity index (χ1v) is 7.95. The van der Waals surface area contributed by atoms with Gasteiger partial charge in [0.05, 0.1) is 12.0 Å². The molecule has 0 saturated carbocycles. The quantitative estimate of drug-likeness (QED) is 0.728. The van der Waals surface area contributed by atoms with E-state index in [0.29, 0.717) is 18.8 Å². The van der Waals surface area contributed by atoms with Crippen molar-refractivity contribution in [1.29, 1.82) is 0 Å². The molecule has 0 unspecified atom stereocenters. The number of halogens is 2. The number of alkyl halides is 2. The van der Waals surface area contributed by atoms with E-state index in [4.69, 9.17) is 4.42 Å². The van der Waals surface area contributed by atoms with Gasteiger partial charge in [-0.15, -0.1) is 0 Å². The normalized spacial score (nSPS) is 18.2. The summed E-state index contributed by atoms with van der Waals surface area (Å²) in [5.41, 5.74) is 0.264. The van der Waals surface area contributed by atoms with Gasteiger partial charge in [-0.25, -0.2) is 13.8 Å². The van der Waals surface area contributed by atoms with Crippen LogP contribution in [0.2, 0.25) is 0 Å². The number of aromatic nitrogens is 4. The Kier molecular flexibility index (Phi) is 3.90. The highest BCUT2D eigenvalue weighted by Crippen LogP contribution is 2.29. The Morgan fingerprint density at radius 3 is 3.04 bits per heavy atom. The summed E-state index contributed by atoms with van der Waals surface area (Å²) in [4.78, 5) is 22.4. The van der Waals surface area contributed by atoms with Crippen LogP contribution in [0.1, 0.15) is 47.1 Å². The van der Waals surface area contributed by atoms with E-state index in [1.807, 2.05) is 0 Å². The van der Waals surface area contributed by atoms with Crippen LogP contribution >= 0.6 is 0 Å². The van der Waals surface area contributed by atoms with Crippen LogP contribution in [0.5, 0.6) is 0 Å². The minimum atomic E-state index is -2.68. The van der Waals surface area contributed by atoms with Crippen molar-refractivity contribution in [2.75, 3.05) is 13.1 Å². The molecule has 130 valence electrons. The maximum Gasteiger partial charge on any atom is 0.289 e. The van der Waals surface area contributed by atoms with Crippen LogP contribution in [0.15, 0.2) is 35.2 Å². The molecule has 25 heavy (non-hydrogen) atoms. The Bertz CT molecular complexity index is 893. The molecule has 1 fully saturated rings. The fourth-order valence-electron chi connectivity index (χ4n) is 3.18. The van der Waals surface area contributed by atoms with Gasteiger partial charge in [0.1, 0.15) is 12.0 Å². The second-order valence-electron chi connectivity index (χ2n) is 5.95. The Hall–Kier alpha value is -2.84. The molecule has 1 saturated heterocycles. The summed E-state index contributed by atoms with van der Waals surface area (Å²) >= 11 is 0. The van der Waals surface area contributed by atoms with Crippen LogP contribution in [0.3, 0.4) is 0 Å². The Morgan fingerprint density at radius 2 is 2.28 bits per heavy atom. The first-order chi connectivity index (χ1) is 12.1. The maximum absolute atomic E-state index is 13.3. The molecule has 0 radical (unpaired) electrons. The third kappa shape index (κ3) is 2.86. The van der Waals surface area contributed by atoms with E-state index in [-0.39, 0.29) is 29.1 Å². The average molecular weight is 347 g/mol. The fourth-order valence-corrected chi connectivity index (χ4v) is 3.18. The van der Waals surface area contributed by atoms with Crippen LogP contribution in [-0.4, -0.2) is 43.5 Å². The van der Waals surface area contributed by atoms with Gasteiger partial charge < -0.3 is 9.32 Å². The summed E-state index contributed by atoms with van der Waals surface area (Å²) in [6.07, 6.45) is 1.49. The highest BCUT2D eigenvalue weighted by Gasteiger charge is 2.29. The molecule has 3 aromatic heterocycles. The van der Waals surface area contributed by atoms with E-state index in [2.05, 4.69) is 15.1 Å². The molecule has 7 nitrogen and oxygen atoms in total. The van der Waals surface area contributed by atoms with E-state index in [1.165, 1.54) is 18.7 Å². The summed E-state index contributed by atoms with van der Waals surface area (Å²) in [5, 5.41) is 3.79. The number of furan rings is 1. The average Bonchev–Trinajstić information content (AvgIpc) is 3.31. The van der Waals surface area contributed by atoms with Crippen molar-refractivity contribution in [1.82, 2.24) is 24.5 Å². The van der Waals surface area contributed by atoms with E-state index < -0.39 is 6.43 Å². The number of likely N-dealkylation sites (tertiary alicyclic amines) is 1. The minimum Gasteiger partial charge on any atom is -0.459 e. The van der Waals surface area contributed by atoms with Crippen molar-refractivity contribution < 1.29 is 18.0 Å². The lowest BCUT2D eigenvalue weighted by Gasteiger charge is -2.32. The zero-order valence-corrected chi connectivity index (χ0v) is 13.2. The first-order valence-electron chi connectivity index (χ1n) is 7.95. The van der Waals surface area contributed by atoms with Gasteiger partial charge in [0, 0.05) is 19.0 Å². The van der Waals surface area contributed by atoms with E-state index in [9.17, 15) is 13.6 Å². The number of carbonyl (C=O) groups is 1. The number of hydrogen-bond acceptors (Lipinski definition) is 5. The predicted molar refractivity (Wildman–Crippen MR) is 82.3 cm³/mol. The topological polar surface area (TPSA) is 76.5 Å². The summed E-state index contributed by atoms with van der Waals surface area (Å²) in [6.45, 7) is 1.00. The molecule has 1 aliphatic heterocycles. The maximum atomic E-state index is 13.3. The highest BCUT2D eigenvalue weighted by molar-refractivity contribution is 5.91. The molecule has 4 heterocycles. The number of rotatable bonds is 3. The van der Waals surface area contributed by atoms with Crippen molar-refractivity contribution in [2.45, 2.75) is 25.2 Å². The van der Waals surface area contributed by atoms with Gasteiger partial charge in [-0.3, -0.25) is 4.79 Å². The summed E-state index contributed by atoms with van der Waals surface area (Å²) < 4.78 is 32.8. The van der Waals surface area contributed by atoms with Crippen molar-refractivity contribution in [3.05, 3.63) is 47.9 Å². The molecule has 1 atom stereocenters. The standard InChI is InChI=1S/C16H15F2N5O2/c17-14(18)12-7-11(21-16-19-9-20-23(12)16)10-3-1-5-22(8-10)15(24)13-4-2-6-25-13/h2,4,6-7,9-10,14H,1,3,5,8H2/t10-/m0/s1. The number of fused-ring (bicyclic) bond motifs is 1. The van der Waals surface area contributed by atoms with Crippen molar-refractivity contribution >= 4 is 11.7 Å². The lowest BCUT2D eigenvalue weighted by molar-refractivity contribution is 0.0673. The third-order valence-corrected chi connectivity index (χ3v) is 4.38. The fraction of sp³-hybridized carbons (Fsp3) is 0.375. The predicted octanol–water partition coefficient (Wildman–Crippen LogP) is 2.67. The van der Waals surface area contributed by atoms with Crippen molar-refractivity contribution in [2.24, 2.45) is 0 Å². The molecule has 1 aliphatic rings. The Labute approximate surface area is 141 Å². The van der Waals surface area contributed by atoms with Crippen LogP contribution in [0.25, 0.3) is 5.78 Å². The summed E-state index contributed by atoms with van der Waals surface area (Å²) in [6, 6.07) is 4.63. The van der Waals surface area contributed by atoms with Crippen LogP contribution in [0.4, 0.5) is 8.78 Å². The number of piperidine rings is 1. The SMILES string of the molecule is O=C(c1ccco1)N1CCC[C@H](c2cc(C(F)F)n3ncnc3n2)C1. The molecule has 9 heteroatoms. The van der Waals surface area contributed by atoms with Gasteiger partial charge in [-0.2, -0.15) is 14.6 Å². The lowest BCUT2D eigenvalue weighted by Crippen LogP contribution is -2.39. The summed E-state index contributed by atoms with van der Waals surface area (Å²) in [5.74, 6) is 0.0799. The van der Waals surface area contributed by atoms with E-state index >= 15 is 0 Å². The molecule has 1 amide bonds. The van der Waals surface area contributed by atoms with Crippen LogP contribution < -0.4 is 0 Å². The van der Waals surface area contributed by atoms with Crippen molar-refractivity contribution in [3.8, 4) is 0 Å². The number of carbonyl (C=O) groups excluding carboxylic acids is 1. The minimum absolute atomic E-state index is 0.133. The third-order valence-electron chi connectivity index (χ3n) is 4.38. The molecule has 0 spiro atoms. The number of amides is 1. The Morgan fingerprint density at radius 1 is 1.40 bits per heavy atom. The molecule has 0 aliphatic carbocycles.